The molecule has 1 nitrogen and oxygen atoms in total. The predicted octanol–water partition coefficient (Wildman–Crippen LogP) is 4.13. The Bertz CT molecular complexity index is 393. The Balaban J connectivity index is 2.41. The summed E-state index contributed by atoms with van der Waals surface area (Å²) < 4.78 is 0. The summed E-state index contributed by atoms with van der Waals surface area (Å²) in [5.41, 5.74) is 4.10. The molecule has 0 aromatic heterocycles. The van der Waals surface area contributed by atoms with Gasteiger partial charge < -0.3 is 5.11 Å². The zero-order valence-corrected chi connectivity index (χ0v) is 11.3. The van der Waals surface area contributed by atoms with Crippen LogP contribution in [0.5, 0.6) is 0 Å². The molecular formula is C16H24O. The minimum atomic E-state index is -0.250. The van der Waals surface area contributed by atoms with Crippen LogP contribution in [0.15, 0.2) is 18.2 Å². The van der Waals surface area contributed by atoms with Gasteiger partial charge in [-0.15, -0.1) is 0 Å². The number of hydrogen-bond acceptors (Lipinski definition) is 1. The van der Waals surface area contributed by atoms with E-state index in [2.05, 4.69) is 39.0 Å². The van der Waals surface area contributed by atoms with Crippen molar-refractivity contribution in [3.63, 3.8) is 0 Å². The molecule has 0 heterocycles. The molecule has 1 N–H and O–H groups in total. The molecule has 1 aromatic carbocycles. The Morgan fingerprint density at radius 2 is 2.06 bits per heavy atom. The molecule has 1 atom stereocenters. The number of rotatable bonds is 2. The molecule has 94 valence electrons. The third kappa shape index (κ3) is 2.55. The summed E-state index contributed by atoms with van der Waals surface area (Å²) in [5, 5.41) is 10.2. The Morgan fingerprint density at radius 1 is 1.29 bits per heavy atom. The smallest absolute Gasteiger partial charge is 0.0792 e. The quantitative estimate of drug-likeness (QED) is 0.760. The summed E-state index contributed by atoms with van der Waals surface area (Å²) in [6, 6.07) is 6.73. The third-order valence-corrected chi connectivity index (χ3v) is 4.34. The fourth-order valence-electron chi connectivity index (χ4n) is 2.57. The lowest BCUT2D eigenvalue weighted by Gasteiger charge is -2.25. The maximum absolute atomic E-state index is 10.2. The van der Waals surface area contributed by atoms with Gasteiger partial charge in [-0.3, -0.25) is 0 Å². The minimum absolute atomic E-state index is 0.209. The normalized spacial score (nSPS) is 20.8. The summed E-state index contributed by atoms with van der Waals surface area (Å²) in [6.07, 6.45) is 5.27. The number of fused-ring (bicyclic) bond motifs is 1. The molecule has 0 fully saturated rings. The highest BCUT2D eigenvalue weighted by Crippen LogP contribution is 2.34. The Morgan fingerprint density at radius 3 is 2.76 bits per heavy atom. The summed E-state index contributed by atoms with van der Waals surface area (Å²) in [4.78, 5) is 0. The van der Waals surface area contributed by atoms with Crippen molar-refractivity contribution in [3.05, 3.63) is 34.9 Å². The molecule has 2 rings (SSSR count). The van der Waals surface area contributed by atoms with Crippen molar-refractivity contribution in [2.45, 2.75) is 64.4 Å². The molecule has 0 saturated carbocycles. The van der Waals surface area contributed by atoms with E-state index in [0.717, 1.165) is 25.7 Å². The van der Waals surface area contributed by atoms with E-state index >= 15 is 0 Å². The first-order chi connectivity index (χ1) is 8.04. The summed E-state index contributed by atoms with van der Waals surface area (Å²) in [5.74, 6) is 0. The van der Waals surface area contributed by atoms with E-state index in [1.54, 1.807) is 0 Å². The molecule has 0 spiro atoms. The fourth-order valence-corrected chi connectivity index (χ4v) is 2.57. The van der Waals surface area contributed by atoms with Gasteiger partial charge in [0, 0.05) is 0 Å². The van der Waals surface area contributed by atoms with E-state index in [1.165, 1.54) is 23.1 Å². The lowest BCUT2D eigenvalue weighted by atomic mass is 9.80. The van der Waals surface area contributed by atoms with Crippen LogP contribution >= 0.6 is 0 Å². The molecule has 1 heteroatoms. The van der Waals surface area contributed by atoms with Crippen LogP contribution in [0.4, 0.5) is 0 Å². The Kier molecular flexibility index (Phi) is 3.58. The topological polar surface area (TPSA) is 20.2 Å². The van der Waals surface area contributed by atoms with Gasteiger partial charge in [0.2, 0.25) is 0 Å². The summed E-state index contributed by atoms with van der Waals surface area (Å²) in [6.45, 7) is 6.78. The van der Waals surface area contributed by atoms with Crippen LogP contribution in [0, 0.1) is 0 Å². The lowest BCUT2D eigenvalue weighted by Crippen LogP contribution is -2.16. The molecule has 1 aliphatic rings. The second-order valence-electron chi connectivity index (χ2n) is 5.91. The molecule has 0 amide bonds. The van der Waals surface area contributed by atoms with Gasteiger partial charge in [0.15, 0.2) is 0 Å². The number of aliphatic hydroxyl groups is 1. The first-order valence-electron chi connectivity index (χ1n) is 6.86. The lowest BCUT2D eigenvalue weighted by molar-refractivity contribution is 0.166. The number of aliphatic hydroxyl groups excluding tert-OH is 1. The van der Waals surface area contributed by atoms with Crippen molar-refractivity contribution in [2.24, 2.45) is 0 Å². The molecular weight excluding hydrogens is 208 g/mol. The van der Waals surface area contributed by atoms with Crippen molar-refractivity contribution in [1.29, 1.82) is 0 Å². The summed E-state index contributed by atoms with van der Waals surface area (Å²) in [7, 11) is 0. The molecule has 0 saturated heterocycles. The fraction of sp³-hybridized carbons (Fsp3) is 0.625. The van der Waals surface area contributed by atoms with Gasteiger partial charge in [-0.2, -0.15) is 0 Å². The number of benzene rings is 1. The zero-order valence-electron chi connectivity index (χ0n) is 11.3. The third-order valence-electron chi connectivity index (χ3n) is 4.34. The van der Waals surface area contributed by atoms with Crippen LogP contribution in [0.25, 0.3) is 0 Å². The van der Waals surface area contributed by atoms with Crippen molar-refractivity contribution in [2.75, 3.05) is 0 Å². The van der Waals surface area contributed by atoms with Gasteiger partial charge in [-0.1, -0.05) is 45.4 Å². The molecule has 1 aromatic rings. The van der Waals surface area contributed by atoms with Gasteiger partial charge in [-0.05, 0) is 47.8 Å². The second kappa shape index (κ2) is 4.81. The van der Waals surface area contributed by atoms with Crippen LogP contribution in [0.2, 0.25) is 0 Å². The molecule has 0 radical (unpaired) electrons. The van der Waals surface area contributed by atoms with E-state index in [4.69, 9.17) is 0 Å². The van der Waals surface area contributed by atoms with Gasteiger partial charge in [-0.25, -0.2) is 0 Å². The van der Waals surface area contributed by atoms with Crippen LogP contribution in [0.3, 0.4) is 0 Å². The molecule has 1 aliphatic carbocycles. The second-order valence-corrected chi connectivity index (χ2v) is 5.91. The first-order valence-corrected chi connectivity index (χ1v) is 6.86. The maximum Gasteiger partial charge on any atom is 0.0792 e. The zero-order chi connectivity index (χ0) is 12.5. The van der Waals surface area contributed by atoms with Gasteiger partial charge in [0.05, 0.1) is 6.10 Å². The van der Waals surface area contributed by atoms with Crippen LogP contribution in [-0.4, -0.2) is 5.11 Å². The first kappa shape index (κ1) is 12.6. The van der Waals surface area contributed by atoms with Crippen molar-refractivity contribution in [3.8, 4) is 0 Å². The predicted molar refractivity (Wildman–Crippen MR) is 72.3 cm³/mol. The molecule has 0 bridgehead atoms. The molecule has 0 unspecified atom stereocenters. The highest BCUT2D eigenvalue weighted by Gasteiger charge is 2.22. The van der Waals surface area contributed by atoms with Crippen LogP contribution in [-0.2, 0) is 11.8 Å². The maximum atomic E-state index is 10.2. The molecule has 17 heavy (non-hydrogen) atoms. The van der Waals surface area contributed by atoms with Crippen molar-refractivity contribution in [1.82, 2.24) is 0 Å². The van der Waals surface area contributed by atoms with Gasteiger partial charge in [0.1, 0.15) is 0 Å². The van der Waals surface area contributed by atoms with Crippen LogP contribution < -0.4 is 0 Å². The van der Waals surface area contributed by atoms with E-state index < -0.39 is 0 Å². The summed E-state index contributed by atoms with van der Waals surface area (Å²) >= 11 is 0. The SMILES string of the molecule is CCC(C)(C)c1ccc2c(c1)[C@@H](O)CCCC2. The highest BCUT2D eigenvalue weighted by atomic mass is 16.3. The van der Waals surface area contributed by atoms with E-state index in [-0.39, 0.29) is 11.5 Å². The van der Waals surface area contributed by atoms with Crippen LogP contribution in [0.1, 0.15) is 69.2 Å². The average Bonchev–Trinajstić information content (AvgIpc) is 2.51. The standard InChI is InChI=1S/C16H24O/c1-4-16(2,3)13-10-9-12-7-5-6-8-15(17)14(12)11-13/h9-11,15,17H,4-8H2,1-3H3/t15-/m0/s1. The Labute approximate surface area is 105 Å². The minimum Gasteiger partial charge on any atom is -0.388 e. The largest absolute Gasteiger partial charge is 0.388 e. The number of aryl methyl sites for hydroxylation is 1. The van der Waals surface area contributed by atoms with Gasteiger partial charge in [0.25, 0.3) is 0 Å². The molecule has 0 aliphatic heterocycles. The monoisotopic (exact) mass is 232 g/mol. The van der Waals surface area contributed by atoms with Gasteiger partial charge >= 0.3 is 0 Å². The van der Waals surface area contributed by atoms with E-state index in [1.807, 2.05) is 0 Å². The van der Waals surface area contributed by atoms with E-state index in [0.29, 0.717) is 0 Å². The Hall–Kier alpha value is -0.820. The van der Waals surface area contributed by atoms with Crippen molar-refractivity contribution >= 4 is 0 Å². The average molecular weight is 232 g/mol. The van der Waals surface area contributed by atoms with E-state index in [9.17, 15) is 5.11 Å². The number of hydrogen-bond donors (Lipinski definition) is 1. The highest BCUT2D eigenvalue weighted by molar-refractivity contribution is 5.37. The van der Waals surface area contributed by atoms with Crippen molar-refractivity contribution < 1.29 is 5.11 Å².